The van der Waals surface area contributed by atoms with Crippen molar-refractivity contribution in [3.05, 3.63) is 16.9 Å². The summed E-state index contributed by atoms with van der Waals surface area (Å²) in [5.74, 6) is -0.854. The Morgan fingerprint density at radius 2 is 2.58 bits per heavy atom. The van der Waals surface area contributed by atoms with Crippen molar-refractivity contribution in [2.75, 3.05) is 0 Å². The van der Waals surface area contributed by atoms with E-state index in [0.29, 0.717) is 6.42 Å². The van der Waals surface area contributed by atoms with Crippen molar-refractivity contribution in [2.45, 2.75) is 19.4 Å². The highest BCUT2D eigenvalue weighted by molar-refractivity contribution is 9.10. The predicted molar refractivity (Wildman–Crippen MR) is 46.9 cm³/mol. The first-order chi connectivity index (χ1) is 5.65. The minimum absolute atomic E-state index is 0.531. The molecule has 0 unspecified atom stereocenters. The molecular weight excluding hydrogens is 224 g/mol. The lowest BCUT2D eigenvalue weighted by Gasteiger charge is -2.08. The highest BCUT2D eigenvalue weighted by atomic mass is 79.9. The van der Waals surface area contributed by atoms with Crippen LogP contribution in [-0.2, 0) is 4.79 Å². The fraction of sp³-hybridized carbons (Fsp3) is 0.429. The summed E-state index contributed by atoms with van der Waals surface area (Å²) in [6.45, 7) is 1.81. The molecule has 0 aromatic carbocycles. The van der Waals surface area contributed by atoms with Crippen LogP contribution in [0, 0.1) is 0 Å². The average molecular weight is 233 g/mol. The highest BCUT2D eigenvalue weighted by Gasteiger charge is 2.17. The van der Waals surface area contributed by atoms with E-state index in [-0.39, 0.29) is 0 Å². The molecule has 1 rings (SSSR count). The summed E-state index contributed by atoms with van der Waals surface area (Å²) in [5, 5.41) is 12.7. The average Bonchev–Trinajstić information content (AvgIpc) is 2.37. The lowest BCUT2D eigenvalue weighted by Crippen LogP contribution is -2.18. The maximum Gasteiger partial charge on any atom is 0.328 e. The molecule has 0 amide bonds. The zero-order valence-electron chi connectivity index (χ0n) is 6.57. The van der Waals surface area contributed by atoms with Gasteiger partial charge in [-0.05, 0) is 22.4 Å². The Balaban J connectivity index is 2.87. The Morgan fingerprint density at radius 1 is 1.92 bits per heavy atom. The van der Waals surface area contributed by atoms with Crippen LogP contribution in [0.3, 0.4) is 0 Å². The monoisotopic (exact) mass is 232 g/mol. The molecular formula is C7H9BrN2O2. The minimum atomic E-state index is -0.854. The summed E-state index contributed by atoms with van der Waals surface area (Å²) in [4.78, 5) is 10.7. The van der Waals surface area contributed by atoms with Crippen LogP contribution in [-0.4, -0.2) is 20.9 Å². The summed E-state index contributed by atoms with van der Waals surface area (Å²) in [7, 11) is 0. The third kappa shape index (κ3) is 1.85. The van der Waals surface area contributed by atoms with Gasteiger partial charge < -0.3 is 5.11 Å². The molecule has 0 bridgehead atoms. The zero-order chi connectivity index (χ0) is 9.14. The summed E-state index contributed by atoms with van der Waals surface area (Å²) < 4.78 is 2.23. The zero-order valence-corrected chi connectivity index (χ0v) is 8.15. The van der Waals surface area contributed by atoms with Gasteiger partial charge in [-0.3, -0.25) is 4.68 Å². The first-order valence-corrected chi connectivity index (χ1v) is 4.37. The number of aliphatic carboxylic acids is 1. The van der Waals surface area contributed by atoms with Crippen molar-refractivity contribution >= 4 is 21.9 Å². The largest absolute Gasteiger partial charge is 0.480 e. The molecule has 0 radical (unpaired) electrons. The van der Waals surface area contributed by atoms with Gasteiger partial charge in [-0.15, -0.1) is 0 Å². The van der Waals surface area contributed by atoms with Crippen molar-refractivity contribution in [3.8, 4) is 0 Å². The summed E-state index contributed by atoms with van der Waals surface area (Å²) in [6.07, 6.45) is 3.76. The third-order valence-electron chi connectivity index (χ3n) is 1.56. The molecule has 66 valence electrons. The normalized spacial score (nSPS) is 12.8. The van der Waals surface area contributed by atoms with E-state index in [2.05, 4.69) is 21.0 Å². The Hall–Kier alpha value is -0.840. The fourth-order valence-electron chi connectivity index (χ4n) is 0.960. The van der Waals surface area contributed by atoms with Gasteiger partial charge in [0.05, 0.1) is 10.7 Å². The number of hydrogen-bond donors (Lipinski definition) is 1. The van der Waals surface area contributed by atoms with E-state index < -0.39 is 12.0 Å². The lowest BCUT2D eigenvalue weighted by molar-refractivity contribution is -0.141. The SMILES string of the molecule is CC[C@H](C(=O)O)n1cc(Br)cn1. The molecule has 1 aromatic rings. The molecule has 1 aromatic heterocycles. The van der Waals surface area contributed by atoms with Gasteiger partial charge in [0.25, 0.3) is 0 Å². The minimum Gasteiger partial charge on any atom is -0.480 e. The third-order valence-corrected chi connectivity index (χ3v) is 1.97. The smallest absolute Gasteiger partial charge is 0.328 e. The van der Waals surface area contributed by atoms with Crippen LogP contribution in [0.15, 0.2) is 16.9 Å². The van der Waals surface area contributed by atoms with Crippen LogP contribution >= 0.6 is 15.9 Å². The predicted octanol–water partition coefficient (Wildman–Crippen LogP) is 1.68. The first kappa shape index (κ1) is 9.25. The van der Waals surface area contributed by atoms with Crippen LogP contribution in [0.1, 0.15) is 19.4 Å². The molecule has 1 heterocycles. The second-order valence-corrected chi connectivity index (χ2v) is 3.32. The van der Waals surface area contributed by atoms with E-state index in [4.69, 9.17) is 5.11 Å². The second-order valence-electron chi connectivity index (χ2n) is 2.40. The second kappa shape index (κ2) is 3.71. The van der Waals surface area contributed by atoms with Crippen molar-refractivity contribution in [1.29, 1.82) is 0 Å². The van der Waals surface area contributed by atoms with Gasteiger partial charge in [-0.2, -0.15) is 5.10 Å². The molecule has 1 N–H and O–H groups in total. The quantitative estimate of drug-likeness (QED) is 0.863. The topological polar surface area (TPSA) is 55.1 Å². The number of aromatic nitrogens is 2. The van der Waals surface area contributed by atoms with Gasteiger partial charge in [0, 0.05) is 6.20 Å². The molecule has 0 saturated carbocycles. The van der Waals surface area contributed by atoms with Crippen LogP contribution in [0.4, 0.5) is 0 Å². The summed E-state index contributed by atoms with van der Waals surface area (Å²) >= 11 is 3.20. The van der Waals surface area contributed by atoms with E-state index in [1.54, 1.807) is 12.4 Å². The van der Waals surface area contributed by atoms with Crippen LogP contribution in [0.25, 0.3) is 0 Å². The number of hydrogen-bond acceptors (Lipinski definition) is 2. The molecule has 0 fully saturated rings. The number of carbonyl (C=O) groups is 1. The van der Waals surface area contributed by atoms with Crippen molar-refractivity contribution in [3.63, 3.8) is 0 Å². The standard InChI is InChI=1S/C7H9BrN2O2/c1-2-6(7(11)12)10-4-5(8)3-9-10/h3-4,6H,2H2,1H3,(H,11,12)/t6-/m1/s1. The summed E-state index contributed by atoms with van der Waals surface area (Å²) in [6, 6.07) is -0.559. The van der Waals surface area contributed by atoms with Gasteiger partial charge in [-0.1, -0.05) is 6.92 Å². The van der Waals surface area contributed by atoms with Gasteiger partial charge in [0.1, 0.15) is 6.04 Å². The van der Waals surface area contributed by atoms with E-state index in [1.807, 2.05) is 6.92 Å². The van der Waals surface area contributed by atoms with E-state index in [9.17, 15) is 4.79 Å². The lowest BCUT2D eigenvalue weighted by atomic mass is 10.2. The Kier molecular flexibility index (Phi) is 2.86. The summed E-state index contributed by atoms with van der Waals surface area (Å²) in [5.41, 5.74) is 0. The van der Waals surface area contributed by atoms with Crippen molar-refractivity contribution in [2.24, 2.45) is 0 Å². The maximum absolute atomic E-state index is 10.7. The van der Waals surface area contributed by atoms with Gasteiger partial charge in [-0.25, -0.2) is 4.79 Å². The van der Waals surface area contributed by atoms with E-state index >= 15 is 0 Å². The number of halogens is 1. The van der Waals surface area contributed by atoms with E-state index in [0.717, 1.165) is 4.47 Å². The number of rotatable bonds is 3. The van der Waals surface area contributed by atoms with Gasteiger partial charge in [0.2, 0.25) is 0 Å². The Labute approximate surface area is 78.3 Å². The Bertz CT molecular complexity index is 285. The molecule has 5 heteroatoms. The molecule has 0 aliphatic heterocycles. The molecule has 12 heavy (non-hydrogen) atoms. The van der Waals surface area contributed by atoms with Gasteiger partial charge in [0.15, 0.2) is 0 Å². The number of carboxylic acids is 1. The van der Waals surface area contributed by atoms with Gasteiger partial charge >= 0.3 is 5.97 Å². The molecule has 0 spiro atoms. The molecule has 0 saturated heterocycles. The first-order valence-electron chi connectivity index (χ1n) is 3.57. The molecule has 0 aliphatic carbocycles. The van der Waals surface area contributed by atoms with Crippen LogP contribution in [0.5, 0.6) is 0 Å². The highest BCUT2D eigenvalue weighted by Crippen LogP contribution is 2.14. The van der Waals surface area contributed by atoms with Crippen LogP contribution < -0.4 is 0 Å². The Morgan fingerprint density at radius 3 is 2.92 bits per heavy atom. The number of nitrogens with zero attached hydrogens (tertiary/aromatic N) is 2. The molecule has 1 atom stereocenters. The number of carboxylic acid groups (broad SMARTS) is 1. The van der Waals surface area contributed by atoms with Crippen LogP contribution in [0.2, 0.25) is 0 Å². The molecule has 0 aliphatic rings. The maximum atomic E-state index is 10.7. The van der Waals surface area contributed by atoms with Crippen molar-refractivity contribution < 1.29 is 9.90 Å². The molecule has 4 nitrogen and oxygen atoms in total. The van der Waals surface area contributed by atoms with E-state index in [1.165, 1.54) is 4.68 Å². The van der Waals surface area contributed by atoms with Crippen molar-refractivity contribution in [1.82, 2.24) is 9.78 Å². The fourth-order valence-corrected chi connectivity index (χ4v) is 1.26.